The maximum Gasteiger partial charge on any atom is 0.277 e. The molecule has 0 saturated carbocycles. The molecule has 17 heavy (non-hydrogen) atoms. The number of hydrogen-bond acceptors (Lipinski definition) is 4. The van der Waals surface area contributed by atoms with Crippen molar-refractivity contribution in [2.45, 2.75) is 19.2 Å². The molecule has 0 atom stereocenters. The van der Waals surface area contributed by atoms with E-state index in [1.54, 1.807) is 6.07 Å². The molecule has 5 nitrogen and oxygen atoms in total. The maximum absolute atomic E-state index is 10.7. The van der Waals surface area contributed by atoms with Gasteiger partial charge in [-0.3, -0.25) is 10.1 Å². The monoisotopic (exact) mass is 305 g/mol. The summed E-state index contributed by atoms with van der Waals surface area (Å²) in [5.41, 5.74) is 0.571. The largest absolute Gasteiger partial charge is 0.493 e. The average Bonchev–Trinajstić information content (AvgIpc) is 2.39. The molecular formula is C11H16BrNO4. The third-order valence-electron chi connectivity index (χ3n) is 1.93. The van der Waals surface area contributed by atoms with Gasteiger partial charge in [0.15, 0.2) is 11.5 Å². The lowest BCUT2D eigenvalue weighted by Gasteiger charge is -2.08. The van der Waals surface area contributed by atoms with Crippen LogP contribution in [0, 0.1) is 10.1 Å². The van der Waals surface area contributed by atoms with Crippen LogP contribution in [0.1, 0.15) is 19.4 Å². The molecule has 6 heteroatoms. The summed E-state index contributed by atoms with van der Waals surface area (Å²) < 4.78 is 10.0. The van der Waals surface area contributed by atoms with Crippen molar-refractivity contribution < 1.29 is 14.4 Å². The van der Waals surface area contributed by atoms with Gasteiger partial charge in [0.1, 0.15) is 0 Å². The molecule has 0 aliphatic heterocycles. The maximum atomic E-state index is 10.7. The summed E-state index contributed by atoms with van der Waals surface area (Å²) in [7, 11) is 2.93. The minimum Gasteiger partial charge on any atom is -0.493 e. The van der Waals surface area contributed by atoms with Crippen LogP contribution in [-0.4, -0.2) is 19.1 Å². The van der Waals surface area contributed by atoms with Crippen LogP contribution in [-0.2, 0) is 5.33 Å². The number of nitrogens with zero attached hydrogens (tertiary/aromatic N) is 1. The second-order valence-electron chi connectivity index (χ2n) is 2.73. The van der Waals surface area contributed by atoms with Crippen LogP contribution in [0.5, 0.6) is 11.5 Å². The summed E-state index contributed by atoms with van der Waals surface area (Å²) in [6.07, 6.45) is 0. The molecule has 0 bridgehead atoms. The number of methoxy groups -OCH3 is 2. The zero-order valence-corrected chi connectivity index (χ0v) is 11.9. The normalized spacial score (nSPS) is 9.00. The van der Waals surface area contributed by atoms with E-state index in [0.717, 1.165) is 0 Å². The fourth-order valence-corrected chi connectivity index (χ4v) is 1.64. The molecule has 0 heterocycles. The van der Waals surface area contributed by atoms with Crippen LogP contribution in [0.15, 0.2) is 12.1 Å². The second kappa shape index (κ2) is 7.89. The van der Waals surface area contributed by atoms with E-state index in [-0.39, 0.29) is 5.69 Å². The first kappa shape index (κ1) is 15.7. The fourth-order valence-electron chi connectivity index (χ4n) is 1.19. The molecule has 0 amide bonds. The van der Waals surface area contributed by atoms with Crippen LogP contribution in [0.2, 0.25) is 0 Å². The fraction of sp³-hybridized carbons (Fsp3) is 0.455. The summed E-state index contributed by atoms with van der Waals surface area (Å²) in [5.74, 6) is 0.839. The van der Waals surface area contributed by atoms with Gasteiger partial charge in [0.25, 0.3) is 5.69 Å². The molecule has 1 aromatic rings. The van der Waals surface area contributed by atoms with E-state index in [4.69, 9.17) is 9.47 Å². The van der Waals surface area contributed by atoms with Crippen molar-refractivity contribution in [3.05, 3.63) is 27.8 Å². The van der Waals surface area contributed by atoms with Gasteiger partial charge >= 0.3 is 0 Å². The zero-order chi connectivity index (χ0) is 13.4. The van der Waals surface area contributed by atoms with E-state index in [9.17, 15) is 10.1 Å². The predicted molar refractivity (Wildman–Crippen MR) is 70.2 cm³/mol. The van der Waals surface area contributed by atoms with E-state index >= 15 is 0 Å². The first-order valence-corrected chi connectivity index (χ1v) is 6.21. The van der Waals surface area contributed by atoms with Crippen molar-refractivity contribution >= 4 is 21.6 Å². The van der Waals surface area contributed by atoms with Crippen molar-refractivity contribution in [2.75, 3.05) is 14.2 Å². The summed E-state index contributed by atoms with van der Waals surface area (Å²) in [6, 6.07) is 2.95. The molecule has 0 radical (unpaired) electrons. The van der Waals surface area contributed by atoms with Crippen molar-refractivity contribution in [3.8, 4) is 11.5 Å². The molecule has 0 unspecified atom stereocenters. The topological polar surface area (TPSA) is 61.6 Å². The lowest BCUT2D eigenvalue weighted by Crippen LogP contribution is -1.97. The van der Waals surface area contributed by atoms with Crippen LogP contribution in [0.25, 0.3) is 0 Å². The first-order valence-electron chi connectivity index (χ1n) is 5.09. The Morgan fingerprint density at radius 3 is 2.06 bits per heavy atom. The zero-order valence-electron chi connectivity index (χ0n) is 10.3. The Morgan fingerprint density at radius 2 is 1.71 bits per heavy atom. The summed E-state index contributed by atoms with van der Waals surface area (Å²) >= 11 is 3.19. The third-order valence-corrected chi connectivity index (χ3v) is 2.53. The Morgan fingerprint density at radius 1 is 1.24 bits per heavy atom. The number of rotatable bonds is 4. The number of ether oxygens (including phenoxy) is 2. The number of halogens is 1. The van der Waals surface area contributed by atoms with E-state index in [1.165, 1.54) is 20.3 Å². The van der Waals surface area contributed by atoms with Crippen LogP contribution in [0.3, 0.4) is 0 Å². The highest BCUT2D eigenvalue weighted by atomic mass is 79.9. The molecule has 0 spiro atoms. The number of alkyl halides is 1. The first-order chi connectivity index (χ1) is 8.13. The number of nitro benzene ring substituents is 1. The molecule has 1 aromatic carbocycles. The SMILES string of the molecule is CC.COc1cc(CBr)c([N+](=O)[O-])cc1OC. The number of nitro groups is 1. The van der Waals surface area contributed by atoms with Crippen molar-refractivity contribution in [1.29, 1.82) is 0 Å². The van der Waals surface area contributed by atoms with E-state index in [0.29, 0.717) is 22.4 Å². The molecule has 0 aliphatic rings. The van der Waals surface area contributed by atoms with Gasteiger partial charge in [-0.05, 0) is 6.07 Å². The summed E-state index contributed by atoms with van der Waals surface area (Å²) in [4.78, 5) is 10.3. The lowest BCUT2D eigenvalue weighted by atomic mass is 10.2. The van der Waals surface area contributed by atoms with Gasteiger partial charge in [0, 0.05) is 10.9 Å². The van der Waals surface area contributed by atoms with E-state index in [1.807, 2.05) is 13.8 Å². The van der Waals surface area contributed by atoms with Crippen molar-refractivity contribution in [3.63, 3.8) is 0 Å². The van der Waals surface area contributed by atoms with E-state index in [2.05, 4.69) is 15.9 Å². The molecule has 0 aromatic heterocycles. The number of hydrogen-bond donors (Lipinski definition) is 0. The molecular weight excluding hydrogens is 290 g/mol. The molecule has 96 valence electrons. The Bertz CT molecular complexity index is 382. The highest BCUT2D eigenvalue weighted by Crippen LogP contribution is 2.35. The smallest absolute Gasteiger partial charge is 0.277 e. The Balaban J connectivity index is 0.00000121. The van der Waals surface area contributed by atoms with Crippen LogP contribution in [0.4, 0.5) is 5.69 Å². The molecule has 0 saturated heterocycles. The highest BCUT2D eigenvalue weighted by molar-refractivity contribution is 9.08. The second-order valence-corrected chi connectivity index (χ2v) is 3.29. The lowest BCUT2D eigenvalue weighted by molar-refractivity contribution is -0.385. The predicted octanol–water partition coefficient (Wildman–Crippen LogP) is 3.53. The van der Waals surface area contributed by atoms with Gasteiger partial charge in [0.05, 0.1) is 25.2 Å². The standard InChI is InChI=1S/C9H10BrNO4.C2H6/c1-14-8-3-6(5-10)7(11(12)13)4-9(8)15-2;1-2/h3-4H,5H2,1-2H3;1-2H3. The Hall–Kier alpha value is -1.30. The van der Waals surface area contributed by atoms with Crippen LogP contribution >= 0.6 is 15.9 Å². The molecule has 1 rings (SSSR count). The van der Waals surface area contributed by atoms with Gasteiger partial charge in [-0.1, -0.05) is 29.8 Å². The summed E-state index contributed by atoms with van der Waals surface area (Å²) in [6.45, 7) is 4.00. The van der Waals surface area contributed by atoms with Crippen molar-refractivity contribution in [1.82, 2.24) is 0 Å². The van der Waals surface area contributed by atoms with Gasteiger partial charge in [-0.15, -0.1) is 0 Å². The molecule has 0 N–H and O–H groups in total. The molecule has 0 fully saturated rings. The van der Waals surface area contributed by atoms with Gasteiger partial charge in [0.2, 0.25) is 0 Å². The highest BCUT2D eigenvalue weighted by Gasteiger charge is 2.18. The summed E-state index contributed by atoms with van der Waals surface area (Å²) in [5, 5.41) is 11.1. The average molecular weight is 306 g/mol. The van der Waals surface area contributed by atoms with Gasteiger partial charge in [-0.2, -0.15) is 0 Å². The minimum atomic E-state index is -0.446. The van der Waals surface area contributed by atoms with Gasteiger partial charge in [-0.25, -0.2) is 0 Å². The van der Waals surface area contributed by atoms with Gasteiger partial charge < -0.3 is 9.47 Å². The molecule has 0 aliphatic carbocycles. The third kappa shape index (κ3) is 3.89. The van der Waals surface area contributed by atoms with E-state index < -0.39 is 4.92 Å². The quantitative estimate of drug-likeness (QED) is 0.485. The van der Waals surface area contributed by atoms with Crippen LogP contribution < -0.4 is 9.47 Å². The van der Waals surface area contributed by atoms with Crippen molar-refractivity contribution in [2.24, 2.45) is 0 Å². The Labute approximate surface area is 109 Å². The minimum absolute atomic E-state index is 0.0181. The Kier molecular flexibility index (Phi) is 7.29. The number of benzene rings is 1.